The van der Waals surface area contributed by atoms with Crippen LogP contribution in [0.1, 0.15) is 139 Å². The van der Waals surface area contributed by atoms with E-state index >= 15 is 0 Å². The number of allylic oxidation sites excluding steroid dienone is 1. The molecule has 0 atom stereocenters. The summed E-state index contributed by atoms with van der Waals surface area (Å²) in [5.41, 5.74) is 23.6. The van der Waals surface area contributed by atoms with Crippen molar-refractivity contribution in [3.63, 3.8) is 0 Å². The number of benzene rings is 7. The van der Waals surface area contributed by atoms with Crippen LogP contribution in [-0.4, -0.2) is 11.3 Å². The molecule has 0 unspecified atom stereocenters. The molecule has 4 heterocycles. The highest BCUT2D eigenvalue weighted by Crippen LogP contribution is 2.49. The summed E-state index contributed by atoms with van der Waals surface area (Å²) >= 11 is 1.90. The molecule has 76 heavy (non-hydrogen) atoms. The minimum atomic E-state index is -0.166. The molecule has 0 bridgehead atoms. The van der Waals surface area contributed by atoms with E-state index in [4.69, 9.17) is 0 Å². The molecule has 5 heteroatoms. The lowest BCUT2D eigenvalue weighted by atomic mass is 9.33. The maximum absolute atomic E-state index is 4.18. The number of thiophene rings is 1. The summed E-state index contributed by atoms with van der Waals surface area (Å²) in [5, 5.41) is 2.59. The monoisotopic (exact) mass is 1010 g/mol. The van der Waals surface area contributed by atoms with Gasteiger partial charge in [-0.25, -0.2) is 0 Å². The molecule has 2 aromatic heterocycles. The Hall–Kier alpha value is -6.82. The largest absolute Gasteiger partial charge is 0.311 e. The molecule has 7 aromatic carbocycles. The average molecular weight is 1010 g/mol. The molecular formula is C71H76BN3S. The van der Waals surface area contributed by atoms with Gasteiger partial charge in [0.25, 0.3) is 6.71 Å². The van der Waals surface area contributed by atoms with Crippen molar-refractivity contribution < 1.29 is 0 Å². The SMILES string of the molecule is C=C/C=c1/sc2c3cc(C(C)(C)C)cc4c3n(c2/c1=C/C)-c1cc(C(C)(C)C)cc2c1B4c1ccc(N(c3ccc(C(C)(C)C)cc3)c3ccc(C(C)(C)C)cc3)cc1N2c1ccc(C(C)(C)C)cc1-c1ccccc1. The highest BCUT2D eigenvalue weighted by Gasteiger charge is 2.45. The molecule has 0 fully saturated rings. The van der Waals surface area contributed by atoms with E-state index in [1.807, 2.05) is 17.4 Å². The summed E-state index contributed by atoms with van der Waals surface area (Å²) in [4.78, 5) is 5.14. The highest BCUT2D eigenvalue weighted by molar-refractivity contribution is 7.18. The number of aromatic nitrogens is 1. The molecule has 11 rings (SSSR count). The molecule has 0 saturated heterocycles. The van der Waals surface area contributed by atoms with Crippen molar-refractivity contribution in [3.8, 4) is 16.8 Å². The number of nitrogens with zero attached hydrogens (tertiary/aromatic N) is 3. The summed E-state index contributed by atoms with van der Waals surface area (Å²) in [6.07, 6.45) is 6.46. The first-order valence-electron chi connectivity index (χ1n) is 27.5. The average Bonchev–Trinajstić information content (AvgIpc) is 4.06. The van der Waals surface area contributed by atoms with Gasteiger partial charge in [0.05, 0.1) is 21.4 Å². The molecule has 0 spiro atoms. The molecule has 2 aliphatic heterocycles. The molecule has 0 aliphatic carbocycles. The Morgan fingerprint density at radius 2 is 1.03 bits per heavy atom. The van der Waals surface area contributed by atoms with Crippen molar-refractivity contribution >= 4 is 102 Å². The molecule has 3 nitrogen and oxygen atoms in total. The maximum atomic E-state index is 4.18. The fraction of sp³-hybridized carbons (Fsp3) is 0.296. The van der Waals surface area contributed by atoms with Crippen LogP contribution in [0.5, 0.6) is 0 Å². The molecule has 2 aliphatic rings. The van der Waals surface area contributed by atoms with Crippen LogP contribution in [0.3, 0.4) is 0 Å². The zero-order valence-electron chi connectivity index (χ0n) is 48.0. The van der Waals surface area contributed by atoms with Gasteiger partial charge < -0.3 is 14.4 Å². The Bertz CT molecular complexity index is 3850. The van der Waals surface area contributed by atoms with E-state index in [1.54, 1.807) is 0 Å². The minimum absolute atomic E-state index is 0.0224. The van der Waals surface area contributed by atoms with Gasteiger partial charge in [-0.1, -0.05) is 195 Å². The lowest BCUT2D eigenvalue weighted by molar-refractivity contribution is 0.589. The lowest BCUT2D eigenvalue weighted by Crippen LogP contribution is -2.61. The topological polar surface area (TPSA) is 11.4 Å². The fourth-order valence-electron chi connectivity index (χ4n) is 11.9. The number of hydrogen-bond donors (Lipinski definition) is 0. The standard InChI is InChI=1S/C71H76BN3S/c1-18-23-62-53(19-2)65-66(76-62)55-39-48(70(12,13)14)40-57-64(55)75(65)61-42-49(71(15,16)17)41-60-63(61)72(57)56-36-35-52(43-59(56)74(60)58-37-30-47(69(9,10)11)38-54(58)44-24-21-20-22-25-44)73(50-31-26-45(27-32-50)67(3,4)5)51-33-28-46(29-34-51)68(6,7)8/h18-43H,1H2,2-17H3/b53-19+,62-23+. The molecule has 0 N–H and O–H groups in total. The number of fused-ring (bicyclic) bond motifs is 7. The van der Waals surface area contributed by atoms with Gasteiger partial charge in [0, 0.05) is 54.8 Å². The summed E-state index contributed by atoms with van der Waals surface area (Å²) in [6, 6.07) is 54.5. The Balaban J connectivity index is 1.31. The smallest absolute Gasteiger partial charge is 0.252 e. The summed E-state index contributed by atoms with van der Waals surface area (Å²) in [5.74, 6) is 0. The minimum Gasteiger partial charge on any atom is -0.311 e. The van der Waals surface area contributed by atoms with Crippen LogP contribution in [0.15, 0.2) is 152 Å². The van der Waals surface area contributed by atoms with Gasteiger partial charge in [0.2, 0.25) is 0 Å². The number of rotatable bonds is 6. The van der Waals surface area contributed by atoms with Gasteiger partial charge in [0.15, 0.2) is 0 Å². The van der Waals surface area contributed by atoms with Crippen LogP contribution < -0.4 is 35.9 Å². The van der Waals surface area contributed by atoms with E-state index in [-0.39, 0.29) is 33.8 Å². The van der Waals surface area contributed by atoms with E-state index in [0.717, 1.165) is 22.7 Å². The molecule has 0 radical (unpaired) electrons. The van der Waals surface area contributed by atoms with Crippen molar-refractivity contribution in [1.29, 1.82) is 0 Å². The first-order valence-corrected chi connectivity index (χ1v) is 28.3. The molecule has 384 valence electrons. The highest BCUT2D eigenvalue weighted by atomic mass is 32.1. The van der Waals surface area contributed by atoms with Crippen LogP contribution >= 0.6 is 11.3 Å². The second-order valence-electron chi connectivity index (χ2n) is 26.8. The van der Waals surface area contributed by atoms with Gasteiger partial charge in [-0.2, -0.15) is 0 Å². The summed E-state index contributed by atoms with van der Waals surface area (Å²) < 4.78 is 5.25. The Morgan fingerprint density at radius 1 is 0.487 bits per heavy atom. The molecule has 0 saturated carbocycles. The Labute approximate surface area is 458 Å². The lowest BCUT2D eigenvalue weighted by Gasteiger charge is -2.43. The quantitative estimate of drug-likeness (QED) is 0.154. The van der Waals surface area contributed by atoms with Gasteiger partial charge in [-0.05, 0) is 157 Å². The zero-order chi connectivity index (χ0) is 54.2. The van der Waals surface area contributed by atoms with Gasteiger partial charge >= 0.3 is 0 Å². The number of anilines is 6. The predicted octanol–water partition coefficient (Wildman–Crippen LogP) is 16.8. The third-order valence-electron chi connectivity index (χ3n) is 16.3. The molecular weight excluding hydrogens is 938 g/mol. The van der Waals surface area contributed by atoms with Gasteiger partial charge in [-0.15, -0.1) is 11.3 Å². The second-order valence-corrected chi connectivity index (χ2v) is 27.8. The Kier molecular flexibility index (Phi) is 12.1. The van der Waals surface area contributed by atoms with E-state index in [0.29, 0.717) is 0 Å². The van der Waals surface area contributed by atoms with Crippen molar-refractivity contribution in [1.82, 2.24) is 4.57 Å². The van der Waals surface area contributed by atoms with Crippen molar-refractivity contribution in [2.75, 3.05) is 9.80 Å². The Morgan fingerprint density at radius 3 is 1.58 bits per heavy atom. The van der Waals surface area contributed by atoms with E-state index in [1.165, 1.54) is 103 Å². The van der Waals surface area contributed by atoms with Crippen LogP contribution in [0, 0.1) is 0 Å². The predicted molar refractivity (Wildman–Crippen MR) is 336 cm³/mol. The normalized spacial score (nSPS) is 14.2. The van der Waals surface area contributed by atoms with Crippen LogP contribution in [0.2, 0.25) is 0 Å². The first-order chi connectivity index (χ1) is 35.8. The number of hydrogen-bond acceptors (Lipinski definition) is 3. The first kappa shape index (κ1) is 51.3. The molecule has 0 amide bonds. The van der Waals surface area contributed by atoms with Gasteiger partial charge in [0.1, 0.15) is 0 Å². The van der Waals surface area contributed by atoms with Crippen LogP contribution in [0.4, 0.5) is 34.1 Å². The fourth-order valence-corrected chi connectivity index (χ4v) is 13.1. The van der Waals surface area contributed by atoms with Crippen molar-refractivity contribution in [2.24, 2.45) is 0 Å². The van der Waals surface area contributed by atoms with Crippen molar-refractivity contribution in [2.45, 2.75) is 138 Å². The van der Waals surface area contributed by atoms with Gasteiger partial charge in [-0.3, -0.25) is 0 Å². The zero-order valence-corrected chi connectivity index (χ0v) is 48.9. The van der Waals surface area contributed by atoms with E-state index in [2.05, 4.69) is 283 Å². The molecule has 9 aromatic rings. The summed E-state index contributed by atoms with van der Waals surface area (Å²) in [6.45, 7) is 41.3. The third-order valence-corrected chi connectivity index (χ3v) is 17.5. The summed E-state index contributed by atoms with van der Waals surface area (Å²) in [7, 11) is 0. The maximum Gasteiger partial charge on any atom is 0.252 e. The van der Waals surface area contributed by atoms with E-state index in [9.17, 15) is 0 Å². The van der Waals surface area contributed by atoms with Crippen molar-refractivity contribution in [3.05, 3.63) is 190 Å². The van der Waals surface area contributed by atoms with Crippen LogP contribution in [-0.2, 0) is 27.1 Å². The van der Waals surface area contributed by atoms with E-state index < -0.39 is 0 Å². The second kappa shape index (κ2) is 17.9. The third kappa shape index (κ3) is 8.49. The van der Waals surface area contributed by atoms with Crippen LogP contribution in [0.25, 0.3) is 50.1 Å².